The molecule has 7 heteroatoms. The Morgan fingerprint density at radius 2 is 1.96 bits per heavy atom. The Morgan fingerprint density at radius 3 is 2.68 bits per heavy atom. The molecule has 3 aromatic rings. The SMILES string of the molecule is CCOc1c(I)cc(C=NNC(=O)c2ccccc2-n2cccc2)cc1OC. The molecule has 0 atom stereocenters. The van der Waals surface area contributed by atoms with E-state index in [0.717, 1.165) is 14.8 Å². The summed E-state index contributed by atoms with van der Waals surface area (Å²) in [4.78, 5) is 12.6. The lowest BCUT2D eigenvalue weighted by Crippen LogP contribution is -2.19. The van der Waals surface area contributed by atoms with Crippen molar-refractivity contribution in [3.8, 4) is 17.2 Å². The topological polar surface area (TPSA) is 64.8 Å². The van der Waals surface area contributed by atoms with Crippen LogP contribution >= 0.6 is 22.6 Å². The van der Waals surface area contributed by atoms with Gasteiger partial charge in [0.25, 0.3) is 5.91 Å². The van der Waals surface area contributed by atoms with Crippen molar-refractivity contribution >= 4 is 34.7 Å². The Hall–Kier alpha value is -2.81. The third-order valence-electron chi connectivity index (χ3n) is 3.95. The molecule has 0 bridgehead atoms. The number of ether oxygens (including phenoxy) is 2. The van der Waals surface area contributed by atoms with E-state index in [0.29, 0.717) is 23.7 Å². The largest absolute Gasteiger partial charge is 0.493 e. The van der Waals surface area contributed by atoms with Gasteiger partial charge in [-0.2, -0.15) is 5.10 Å². The van der Waals surface area contributed by atoms with Crippen molar-refractivity contribution in [2.75, 3.05) is 13.7 Å². The molecule has 0 radical (unpaired) electrons. The van der Waals surface area contributed by atoms with E-state index in [1.807, 2.05) is 66.3 Å². The molecule has 0 aliphatic carbocycles. The summed E-state index contributed by atoms with van der Waals surface area (Å²) in [6.45, 7) is 2.47. The van der Waals surface area contributed by atoms with Crippen molar-refractivity contribution in [2.45, 2.75) is 6.92 Å². The maximum atomic E-state index is 12.6. The third kappa shape index (κ3) is 4.53. The quantitative estimate of drug-likeness (QED) is 0.307. The van der Waals surface area contributed by atoms with Crippen molar-refractivity contribution in [2.24, 2.45) is 5.10 Å². The molecule has 1 N–H and O–H groups in total. The number of benzene rings is 2. The van der Waals surface area contributed by atoms with Crippen LogP contribution in [0.5, 0.6) is 11.5 Å². The highest BCUT2D eigenvalue weighted by molar-refractivity contribution is 14.1. The van der Waals surface area contributed by atoms with Gasteiger partial charge in [-0.05, 0) is 71.5 Å². The number of aromatic nitrogens is 1. The highest BCUT2D eigenvalue weighted by Crippen LogP contribution is 2.33. The first-order chi connectivity index (χ1) is 13.6. The first-order valence-electron chi connectivity index (χ1n) is 8.70. The van der Waals surface area contributed by atoms with Gasteiger partial charge in [0, 0.05) is 12.4 Å². The second-order valence-electron chi connectivity index (χ2n) is 5.77. The zero-order valence-corrected chi connectivity index (χ0v) is 17.7. The molecule has 3 rings (SSSR count). The van der Waals surface area contributed by atoms with E-state index in [4.69, 9.17) is 9.47 Å². The molecule has 1 heterocycles. The molecule has 0 aliphatic heterocycles. The fourth-order valence-corrected chi connectivity index (χ4v) is 3.49. The van der Waals surface area contributed by atoms with Crippen LogP contribution in [0.15, 0.2) is 66.0 Å². The number of halogens is 1. The number of methoxy groups -OCH3 is 1. The summed E-state index contributed by atoms with van der Waals surface area (Å²) in [5.74, 6) is 1.04. The van der Waals surface area contributed by atoms with Gasteiger partial charge in [0.2, 0.25) is 0 Å². The van der Waals surface area contributed by atoms with E-state index in [-0.39, 0.29) is 5.91 Å². The lowest BCUT2D eigenvalue weighted by atomic mass is 10.1. The minimum absolute atomic E-state index is 0.284. The van der Waals surface area contributed by atoms with Crippen LogP contribution in [0.4, 0.5) is 0 Å². The molecule has 0 saturated carbocycles. The fourth-order valence-electron chi connectivity index (χ4n) is 2.71. The van der Waals surface area contributed by atoms with Crippen LogP contribution in [0.3, 0.4) is 0 Å². The van der Waals surface area contributed by atoms with Crippen LogP contribution in [0, 0.1) is 3.57 Å². The summed E-state index contributed by atoms with van der Waals surface area (Å²) < 4.78 is 13.8. The lowest BCUT2D eigenvalue weighted by Gasteiger charge is -2.12. The Bertz CT molecular complexity index is 985. The molecule has 1 amide bonds. The van der Waals surface area contributed by atoms with Crippen molar-refractivity contribution in [1.29, 1.82) is 0 Å². The molecule has 0 unspecified atom stereocenters. The average Bonchev–Trinajstić information content (AvgIpc) is 3.24. The predicted molar refractivity (Wildman–Crippen MR) is 118 cm³/mol. The van der Waals surface area contributed by atoms with E-state index in [1.165, 1.54) is 0 Å². The summed E-state index contributed by atoms with van der Waals surface area (Å²) in [5.41, 5.74) is 4.71. The Morgan fingerprint density at radius 1 is 1.21 bits per heavy atom. The number of nitrogens with one attached hydrogen (secondary N) is 1. The molecular weight excluding hydrogens is 469 g/mol. The van der Waals surface area contributed by atoms with Crippen LogP contribution in [-0.4, -0.2) is 30.4 Å². The molecule has 2 aromatic carbocycles. The standard InChI is InChI=1S/C21H20IN3O3/c1-3-28-20-17(22)12-15(13-19(20)27-2)14-23-24-21(26)16-8-4-5-9-18(16)25-10-6-7-11-25/h4-14H,3H2,1-2H3,(H,24,26). The molecular formula is C21H20IN3O3. The number of para-hydroxylation sites is 1. The maximum Gasteiger partial charge on any atom is 0.273 e. The van der Waals surface area contributed by atoms with Crippen molar-refractivity contribution in [1.82, 2.24) is 9.99 Å². The van der Waals surface area contributed by atoms with Crippen LogP contribution in [0.1, 0.15) is 22.8 Å². The Kier molecular flexibility index (Phi) is 6.70. The van der Waals surface area contributed by atoms with Crippen molar-refractivity contribution < 1.29 is 14.3 Å². The van der Waals surface area contributed by atoms with E-state index in [1.54, 1.807) is 19.4 Å². The molecule has 1 aromatic heterocycles. The number of hydrogen-bond donors (Lipinski definition) is 1. The van der Waals surface area contributed by atoms with Gasteiger partial charge in [-0.15, -0.1) is 0 Å². The second-order valence-corrected chi connectivity index (χ2v) is 6.94. The Labute approximate surface area is 177 Å². The minimum atomic E-state index is -0.284. The van der Waals surface area contributed by atoms with Crippen molar-refractivity contribution in [3.05, 3.63) is 75.6 Å². The average molecular weight is 489 g/mol. The monoisotopic (exact) mass is 489 g/mol. The number of carbonyl (C=O) groups is 1. The minimum Gasteiger partial charge on any atom is -0.493 e. The van der Waals surface area contributed by atoms with Crippen molar-refractivity contribution in [3.63, 3.8) is 0 Å². The number of hydrogen-bond acceptors (Lipinski definition) is 4. The van der Waals surface area contributed by atoms with Gasteiger partial charge >= 0.3 is 0 Å². The predicted octanol–water partition coefficient (Wildman–Crippen LogP) is 4.25. The first kappa shape index (κ1) is 19.9. The lowest BCUT2D eigenvalue weighted by molar-refractivity contribution is 0.0955. The van der Waals surface area contributed by atoms with E-state index in [2.05, 4.69) is 33.1 Å². The van der Waals surface area contributed by atoms with Gasteiger partial charge in [-0.3, -0.25) is 4.79 Å². The summed E-state index contributed by atoms with van der Waals surface area (Å²) >= 11 is 2.19. The van der Waals surface area contributed by atoms with Gasteiger partial charge in [0.1, 0.15) is 0 Å². The highest BCUT2D eigenvalue weighted by Gasteiger charge is 2.12. The summed E-state index contributed by atoms with van der Waals surface area (Å²) in [6, 6.07) is 14.9. The van der Waals surface area contributed by atoms with Gasteiger partial charge in [-0.25, -0.2) is 5.43 Å². The molecule has 0 aliphatic rings. The van der Waals surface area contributed by atoms with Gasteiger partial charge in [0.05, 0.1) is 34.8 Å². The van der Waals surface area contributed by atoms with Crippen LogP contribution in [-0.2, 0) is 0 Å². The van der Waals surface area contributed by atoms with Crippen LogP contribution < -0.4 is 14.9 Å². The van der Waals surface area contributed by atoms with Gasteiger partial charge in [-0.1, -0.05) is 12.1 Å². The van der Waals surface area contributed by atoms with Gasteiger partial charge in [0.15, 0.2) is 11.5 Å². The molecule has 0 saturated heterocycles. The van der Waals surface area contributed by atoms with E-state index >= 15 is 0 Å². The summed E-state index contributed by atoms with van der Waals surface area (Å²) in [6.07, 6.45) is 5.36. The number of nitrogens with zero attached hydrogens (tertiary/aromatic N) is 2. The van der Waals surface area contributed by atoms with E-state index in [9.17, 15) is 4.79 Å². The second kappa shape index (κ2) is 9.41. The third-order valence-corrected chi connectivity index (χ3v) is 4.75. The number of rotatable bonds is 7. The van der Waals surface area contributed by atoms with Crippen LogP contribution in [0.2, 0.25) is 0 Å². The van der Waals surface area contributed by atoms with Gasteiger partial charge < -0.3 is 14.0 Å². The molecule has 6 nitrogen and oxygen atoms in total. The Balaban J connectivity index is 1.77. The fraction of sp³-hybridized carbons (Fsp3) is 0.143. The first-order valence-corrected chi connectivity index (χ1v) is 9.78. The van der Waals surface area contributed by atoms with E-state index < -0.39 is 0 Å². The molecule has 144 valence electrons. The molecule has 28 heavy (non-hydrogen) atoms. The number of hydrazone groups is 1. The molecule has 0 fully saturated rings. The molecule has 0 spiro atoms. The van der Waals surface area contributed by atoms with Crippen LogP contribution in [0.25, 0.3) is 5.69 Å². The number of carbonyl (C=O) groups excluding carboxylic acids is 1. The smallest absolute Gasteiger partial charge is 0.273 e. The number of amides is 1. The zero-order chi connectivity index (χ0) is 19.9. The summed E-state index contributed by atoms with van der Waals surface area (Å²) in [7, 11) is 1.59. The zero-order valence-electron chi connectivity index (χ0n) is 15.6. The maximum absolute atomic E-state index is 12.6. The highest BCUT2D eigenvalue weighted by atomic mass is 127. The summed E-state index contributed by atoms with van der Waals surface area (Å²) in [5, 5.41) is 4.10. The normalized spacial score (nSPS) is 10.8.